The van der Waals surface area contributed by atoms with E-state index in [1.54, 1.807) is 18.7 Å². The molecule has 2 saturated carbocycles. The van der Waals surface area contributed by atoms with E-state index in [9.17, 15) is 13.2 Å². The number of nitrogens with one attached hydrogen (secondary N) is 1. The van der Waals surface area contributed by atoms with Crippen LogP contribution in [0.5, 0.6) is 5.88 Å². The van der Waals surface area contributed by atoms with Gasteiger partial charge in [-0.1, -0.05) is 6.92 Å². The van der Waals surface area contributed by atoms with Crippen LogP contribution >= 0.6 is 0 Å². The summed E-state index contributed by atoms with van der Waals surface area (Å²) in [7, 11) is -2.45. The van der Waals surface area contributed by atoms with Crippen molar-refractivity contribution in [2.75, 3.05) is 6.54 Å². The maximum absolute atomic E-state index is 13.6. The number of carbonyl (C=O) groups is 1. The quantitative estimate of drug-likeness (QED) is 0.566. The van der Waals surface area contributed by atoms with Gasteiger partial charge in [-0.05, 0) is 83.1 Å². The van der Waals surface area contributed by atoms with Crippen LogP contribution in [0.15, 0.2) is 34.4 Å². The summed E-state index contributed by atoms with van der Waals surface area (Å²) in [6.07, 6.45) is 11.5. The van der Waals surface area contributed by atoms with Crippen molar-refractivity contribution in [3.63, 3.8) is 0 Å². The first kappa shape index (κ1) is 27.0. The van der Waals surface area contributed by atoms with Crippen molar-refractivity contribution in [1.29, 1.82) is 0 Å². The minimum Gasteiger partial charge on any atom is -0.473 e. The highest BCUT2D eigenvalue weighted by atomic mass is 32.2. The molecule has 11 nitrogen and oxygen atoms in total. The Hall–Kier alpha value is -3.15. The van der Waals surface area contributed by atoms with Gasteiger partial charge in [0.25, 0.3) is 10.0 Å². The Labute approximate surface area is 235 Å². The van der Waals surface area contributed by atoms with Crippen LogP contribution in [-0.4, -0.2) is 62.8 Å². The third kappa shape index (κ3) is 4.95. The van der Waals surface area contributed by atoms with Crippen LogP contribution in [0, 0.1) is 30.6 Å². The second-order valence-electron chi connectivity index (χ2n) is 12.7. The van der Waals surface area contributed by atoms with Gasteiger partial charge in [-0.2, -0.15) is 5.10 Å². The van der Waals surface area contributed by atoms with Crippen molar-refractivity contribution in [3.05, 3.63) is 30.2 Å². The molecule has 12 heteroatoms. The Morgan fingerprint density at radius 1 is 1.20 bits per heavy atom. The number of likely N-dealkylation sites (tertiary alicyclic amines) is 1. The number of carbonyl (C=O) groups excluding carboxylic acids is 1. The first-order valence-corrected chi connectivity index (χ1v) is 15.7. The molecular formula is C28H39N7O4S. The third-order valence-corrected chi connectivity index (χ3v) is 10.4. The predicted octanol–water partition coefficient (Wildman–Crippen LogP) is 3.33. The fourth-order valence-corrected chi connectivity index (χ4v) is 8.50. The highest BCUT2D eigenvalue weighted by Gasteiger charge is 2.44. The fraction of sp³-hybridized carbons (Fsp3) is 0.643. The van der Waals surface area contributed by atoms with E-state index in [-0.39, 0.29) is 16.5 Å². The van der Waals surface area contributed by atoms with E-state index in [0.717, 1.165) is 25.3 Å². The Morgan fingerprint density at radius 3 is 2.62 bits per heavy atom. The number of fused-ring (bicyclic) bond motifs is 2. The molecule has 2 aromatic heterocycles. The number of amides is 1. The highest BCUT2D eigenvalue weighted by molar-refractivity contribution is 7.90. The number of nitrogens with zero attached hydrogens (tertiary/aromatic N) is 6. The van der Waals surface area contributed by atoms with Crippen LogP contribution < -0.4 is 9.46 Å². The zero-order valence-corrected chi connectivity index (χ0v) is 24.7. The normalized spacial score (nSPS) is 29.4. The number of amidine groups is 1. The lowest BCUT2D eigenvalue weighted by molar-refractivity contribution is -0.121. The second kappa shape index (κ2) is 9.74. The standard InChI is InChI=1S/C28H39N7O4S/c1-17-14-28(3,4)34(15-17)26-21(27(36)32-40(37,38)23-16-33(5)30-18(23)2)8-9-24(29-26)35-11-10-25(31-35)39-22-13-19-6-7-20(22)12-19/h9-11,16-17,19-22H,6-8,12-15H2,1-5H3,(H,32,36)/t17-,19+,20-,21?,22-/m0/s1. The molecule has 0 spiro atoms. The Kier molecular flexibility index (Phi) is 6.59. The lowest BCUT2D eigenvalue weighted by atomic mass is 9.94. The van der Waals surface area contributed by atoms with Crippen molar-refractivity contribution >= 4 is 27.6 Å². The van der Waals surface area contributed by atoms with E-state index >= 15 is 0 Å². The molecule has 6 rings (SSSR count). The summed E-state index contributed by atoms with van der Waals surface area (Å²) in [5.74, 6) is 2.20. The first-order chi connectivity index (χ1) is 18.9. The van der Waals surface area contributed by atoms with Gasteiger partial charge in [-0.25, -0.2) is 22.8 Å². The molecule has 4 heterocycles. The molecule has 40 heavy (non-hydrogen) atoms. The molecule has 0 aromatic carbocycles. The lowest BCUT2D eigenvalue weighted by Gasteiger charge is -2.38. The van der Waals surface area contributed by atoms with Crippen LogP contribution in [0.4, 0.5) is 0 Å². The molecule has 2 aliphatic carbocycles. The number of hydrogen-bond acceptors (Lipinski definition) is 8. The van der Waals surface area contributed by atoms with E-state index in [1.807, 2.05) is 18.3 Å². The lowest BCUT2D eigenvalue weighted by Crippen LogP contribution is -2.51. The van der Waals surface area contributed by atoms with Gasteiger partial charge in [0.15, 0.2) is 5.82 Å². The van der Waals surface area contributed by atoms with Crippen LogP contribution in [0.1, 0.15) is 65.0 Å². The number of aliphatic imine (C=N–C) groups is 1. The average Bonchev–Trinajstić information content (AvgIpc) is 3.69. The molecule has 2 bridgehead atoms. The third-order valence-electron chi connectivity index (χ3n) is 8.98. The van der Waals surface area contributed by atoms with Crippen molar-refractivity contribution in [2.45, 2.75) is 82.8 Å². The van der Waals surface area contributed by atoms with Gasteiger partial charge in [0.05, 0.1) is 5.69 Å². The van der Waals surface area contributed by atoms with E-state index in [1.165, 1.54) is 30.1 Å². The topological polar surface area (TPSA) is 124 Å². The molecule has 3 fully saturated rings. The Balaban J connectivity index is 1.26. The Morgan fingerprint density at radius 2 is 2.00 bits per heavy atom. The summed E-state index contributed by atoms with van der Waals surface area (Å²) < 4.78 is 37.9. The van der Waals surface area contributed by atoms with Crippen LogP contribution in [0.25, 0.3) is 5.82 Å². The van der Waals surface area contributed by atoms with Gasteiger partial charge < -0.3 is 9.64 Å². The van der Waals surface area contributed by atoms with E-state index < -0.39 is 21.8 Å². The fourth-order valence-electron chi connectivity index (χ4n) is 7.26. The zero-order chi connectivity index (χ0) is 28.4. The summed E-state index contributed by atoms with van der Waals surface area (Å²) in [5.41, 5.74) is 0.0947. The zero-order valence-electron chi connectivity index (χ0n) is 23.9. The summed E-state index contributed by atoms with van der Waals surface area (Å²) >= 11 is 0. The number of hydrogen-bond donors (Lipinski definition) is 1. The molecule has 1 saturated heterocycles. The second-order valence-corrected chi connectivity index (χ2v) is 14.4. The van der Waals surface area contributed by atoms with Crippen molar-refractivity contribution in [1.82, 2.24) is 29.2 Å². The largest absolute Gasteiger partial charge is 0.473 e. The number of aryl methyl sites for hydroxylation is 2. The number of allylic oxidation sites excluding steroid dienone is 1. The maximum Gasteiger partial charge on any atom is 0.267 e. The SMILES string of the molecule is Cc1nn(C)cc1S(=O)(=O)NC(=O)C1CC=C(n2ccc(O[C@H]3C[C@@H]4CC[C@H]3C4)n2)N=C1N1C[C@@H](C)CC1(C)C. The van der Waals surface area contributed by atoms with Crippen LogP contribution in [0.3, 0.4) is 0 Å². The number of aromatic nitrogens is 4. The minimum absolute atomic E-state index is 0.0106. The summed E-state index contributed by atoms with van der Waals surface area (Å²) in [4.78, 5) is 20.7. The van der Waals surface area contributed by atoms with Gasteiger partial charge in [0.2, 0.25) is 11.8 Å². The predicted molar refractivity (Wildman–Crippen MR) is 150 cm³/mol. The molecule has 2 aromatic rings. The number of ether oxygens (including phenoxy) is 1. The monoisotopic (exact) mass is 569 g/mol. The van der Waals surface area contributed by atoms with Gasteiger partial charge in [0, 0.05) is 37.6 Å². The molecular weight excluding hydrogens is 530 g/mol. The van der Waals surface area contributed by atoms with E-state index in [4.69, 9.17) is 9.73 Å². The van der Waals surface area contributed by atoms with Gasteiger partial charge in [0.1, 0.15) is 22.8 Å². The smallest absolute Gasteiger partial charge is 0.267 e. The molecule has 216 valence electrons. The molecule has 5 atom stereocenters. The molecule has 4 aliphatic rings. The molecule has 2 aliphatic heterocycles. The van der Waals surface area contributed by atoms with Gasteiger partial charge in [-0.3, -0.25) is 9.48 Å². The van der Waals surface area contributed by atoms with Gasteiger partial charge in [-0.15, -0.1) is 5.10 Å². The van der Waals surface area contributed by atoms with E-state index in [2.05, 4.69) is 40.6 Å². The van der Waals surface area contributed by atoms with E-state index in [0.29, 0.717) is 41.5 Å². The maximum atomic E-state index is 13.6. The van der Waals surface area contributed by atoms with Crippen molar-refractivity contribution in [3.8, 4) is 5.88 Å². The average molecular weight is 570 g/mol. The summed E-state index contributed by atoms with van der Waals surface area (Å²) in [6.45, 7) is 8.79. The highest BCUT2D eigenvalue weighted by Crippen LogP contribution is 2.46. The number of rotatable bonds is 6. The van der Waals surface area contributed by atoms with Crippen LogP contribution in [0.2, 0.25) is 0 Å². The minimum atomic E-state index is -4.09. The molecule has 1 N–H and O–H groups in total. The summed E-state index contributed by atoms with van der Waals surface area (Å²) in [6, 6.07) is 1.87. The molecule has 0 radical (unpaired) electrons. The molecule has 1 unspecified atom stereocenters. The van der Waals surface area contributed by atoms with Crippen LogP contribution in [-0.2, 0) is 21.9 Å². The van der Waals surface area contributed by atoms with Crippen molar-refractivity contribution < 1.29 is 17.9 Å². The number of sulfonamides is 1. The summed E-state index contributed by atoms with van der Waals surface area (Å²) in [5, 5.41) is 8.79. The first-order valence-electron chi connectivity index (χ1n) is 14.3. The Bertz CT molecular complexity index is 1490. The molecule has 1 amide bonds. The van der Waals surface area contributed by atoms with Crippen molar-refractivity contribution in [2.24, 2.45) is 35.7 Å². The van der Waals surface area contributed by atoms with Gasteiger partial charge >= 0.3 is 0 Å².